The zero-order valence-electron chi connectivity index (χ0n) is 13.9. The Morgan fingerprint density at radius 1 is 1.09 bits per heavy atom. The van der Waals surface area contributed by atoms with Crippen molar-refractivity contribution < 1.29 is 9.53 Å². The van der Waals surface area contributed by atoms with Crippen molar-refractivity contribution in [1.29, 1.82) is 0 Å². The zero-order chi connectivity index (χ0) is 17.0. The van der Waals surface area contributed by atoms with Gasteiger partial charge in [-0.15, -0.1) is 0 Å². The number of ether oxygens (including phenoxy) is 1. The number of anilines is 1. The number of rotatable bonds is 4. The quantitative estimate of drug-likeness (QED) is 0.704. The molecule has 2 aromatic carbocycles. The van der Waals surface area contributed by atoms with Gasteiger partial charge in [0, 0.05) is 9.26 Å². The molecule has 3 nitrogen and oxygen atoms in total. The van der Waals surface area contributed by atoms with E-state index >= 15 is 0 Å². The van der Waals surface area contributed by atoms with Gasteiger partial charge in [0.05, 0.1) is 0 Å². The van der Waals surface area contributed by atoms with Gasteiger partial charge in [-0.1, -0.05) is 39.0 Å². The molecule has 1 N–H and O–H groups in total. The highest BCUT2D eigenvalue weighted by Gasteiger charge is 2.22. The number of hydrogen-bond acceptors (Lipinski definition) is 2. The summed E-state index contributed by atoms with van der Waals surface area (Å²) < 4.78 is 7.04. The Balaban J connectivity index is 2.08. The second kappa shape index (κ2) is 7.34. The molecule has 0 aliphatic heterocycles. The van der Waals surface area contributed by atoms with Gasteiger partial charge in [0.25, 0.3) is 5.91 Å². The summed E-state index contributed by atoms with van der Waals surface area (Å²) in [6.45, 7) is 8.16. The smallest absolute Gasteiger partial charge is 0.265 e. The minimum atomic E-state index is -0.572. The lowest BCUT2D eigenvalue weighted by molar-refractivity contribution is -0.122. The van der Waals surface area contributed by atoms with E-state index in [-0.39, 0.29) is 11.3 Å². The van der Waals surface area contributed by atoms with Crippen LogP contribution >= 0.6 is 22.6 Å². The molecule has 0 aliphatic carbocycles. The van der Waals surface area contributed by atoms with Crippen LogP contribution in [0.4, 0.5) is 5.69 Å². The molecule has 122 valence electrons. The monoisotopic (exact) mass is 423 g/mol. The number of hydrogen-bond donors (Lipinski definition) is 1. The molecule has 0 fully saturated rings. The van der Waals surface area contributed by atoms with E-state index in [1.165, 1.54) is 0 Å². The van der Waals surface area contributed by atoms with E-state index in [9.17, 15) is 4.79 Å². The maximum atomic E-state index is 12.3. The first-order chi connectivity index (χ1) is 10.8. The summed E-state index contributed by atoms with van der Waals surface area (Å²) in [6, 6.07) is 15.5. The minimum Gasteiger partial charge on any atom is -0.481 e. The number of amides is 1. The third-order valence-corrected chi connectivity index (χ3v) is 4.20. The first-order valence-electron chi connectivity index (χ1n) is 7.60. The van der Waals surface area contributed by atoms with Crippen molar-refractivity contribution in [2.24, 2.45) is 0 Å². The van der Waals surface area contributed by atoms with Gasteiger partial charge in [-0.3, -0.25) is 4.79 Å². The third kappa shape index (κ3) is 4.96. The molecule has 0 aromatic heterocycles. The molecule has 2 rings (SSSR count). The molecule has 0 aliphatic rings. The van der Waals surface area contributed by atoms with Gasteiger partial charge in [0.1, 0.15) is 5.75 Å². The highest BCUT2D eigenvalue weighted by molar-refractivity contribution is 14.1. The number of benzene rings is 2. The molecule has 23 heavy (non-hydrogen) atoms. The summed E-state index contributed by atoms with van der Waals surface area (Å²) in [4.78, 5) is 12.3. The third-order valence-electron chi connectivity index (χ3n) is 3.48. The topological polar surface area (TPSA) is 38.3 Å². The predicted octanol–water partition coefficient (Wildman–Crippen LogP) is 4.99. The van der Waals surface area contributed by atoms with Gasteiger partial charge in [0.15, 0.2) is 6.10 Å². The number of nitrogens with one attached hydrogen (secondary N) is 1. The van der Waals surface area contributed by atoms with E-state index in [1.807, 2.05) is 48.5 Å². The van der Waals surface area contributed by atoms with E-state index in [0.29, 0.717) is 0 Å². The molecule has 0 saturated carbocycles. The fourth-order valence-electron chi connectivity index (χ4n) is 2.21. The summed E-state index contributed by atoms with van der Waals surface area (Å²) in [5.74, 6) is 0.597. The van der Waals surface area contributed by atoms with E-state index in [1.54, 1.807) is 6.92 Å². The molecular formula is C19H22INO2. The minimum absolute atomic E-state index is 0.0388. The lowest BCUT2D eigenvalue weighted by atomic mass is 9.86. The van der Waals surface area contributed by atoms with Crippen molar-refractivity contribution in [1.82, 2.24) is 0 Å². The van der Waals surface area contributed by atoms with Crippen LogP contribution in [0.3, 0.4) is 0 Å². The Labute approximate surface area is 151 Å². The van der Waals surface area contributed by atoms with Gasteiger partial charge in [-0.2, -0.15) is 0 Å². The maximum absolute atomic E-state index is 12.3. The van der Waals surface area contributed by atoms with Crippen LogP contribution in [0.5, 0.6) is 5.75 Å². The fourth-order valence-corrected chi connectivity index (χ4v) is 2.57. The van der Waals surface area contributed by atoms with Gasteiger partial charge < -0.3 is 10.1 Å². The Bertz CT molecular complexity index is 675. The fraction of sp³-hybridized carbons (Fsp3) is 0.316. The summed E-state index contributed by atoms with van der Waals surface area (Å²) in [7, 11) is 0. The van der Waals surface area contributed by atoms with Crippen LogP contribution in [0.2, 0.25) is 0 Å². The number of carbonyl (C=O) groups excluding carboxylic acids is 1. The van der Waals surface area contributed by atoms with Crippen LogP contribution in [0.1, 0.15) is 33.3 Å². The number of para-hydroxylation sites is 1. The standard InChI is InChI=1S/C19H22INO2/c1-13(18(22)21-15-11-9-14(20)10-12-15)23-17-8-6-5-7-16(17)19(2,3)4/h5-13H,1-4H3,(H,21,22). The number of halogens is 1. The van der Waals surface area contributed by atoms with E-state index in [2.05, 4.69) is 48.7 Å². The molecule has 0 radical (unpaired) electrons. The van der Waals surface area contributed by atoms with E-state index in [0.717, 1.165) is 20.6 Å². The zero-order valence-corrected chi connectivity index (χ0v) is 16.0. The lowest BCUT2D eigenvalue weighted by Gasteiger charge is -2.24. The predicted molar refractivity (Wildman–Crippen MR) is 103 cm³/mol. The second-order valence-electron chi connectivity index (χ2n) is 6.50. The molecule has 1 amide bonds. The van der Waals surface area contributed by atoms with Crippen LogP contribution in [-0.4, -0.2) is 12.0 Å². The van der Waals surface area contributed by atoms with Crippen LogP contribution in [0.25, 0.3) is 0 Å². The summed E-state index contributed by atoms with van der Waals surface area (Å²) in [6.07, 6.45) is -0.572. The lowest BCUT2D eigenvalue weighted by Crippen LogP contribution is -2.31. The summed E-state index contributed by atoms with van der Waals surface area (Å²) in [5.41, 5.74) is 1.83. The molecule has 2 aromatic rings. The Morgan fingerprint density at radius 2 is 1.70 bits per heavy atom. The highest BCUT2D eigenvalue weighted by Crippen LogP contribution is 2.31. The van der Waals surface area contributed by atoms with Gasteiger partial charge in [-0.25, -0.2) is 0 Å². The number of carbonyl (C=O) groups is 1. The molecule has 4 heteroatoms. The normalized spacial score (nSPS) is 12.6. The second-order valence-corrected chi connectivity index (χ2v) is 7.75. The highest BCUT2D eigenvalue weighted by atomic mass is 127. The van der Waals surface area contributed by atoms with Gasteiger partial charge in [-0.05, 0) is 70.8 Å². The molecular weight excluding hydrogens is 401 g/mol. The van der Waals surface area contributed by atoms with Crippen LogP contribution in [0, 0.1) is 3.57 Å². The van der Waals surface area contributed by atoms with Gasteiger partial charge >= 0.3 is 0 Å². The molecule has 0 bridgehead atoms. The maximum Gasteiger partial charge on any atom is 0.265 e. The van der Waals surface area contributed by atoms with Crippen molar-refractivity contribution in [2.75, 3.05) is 5.32 Å². The van der Waals surface area contributed by atoms with Crippen molar-refractivity contribution in [3.05, 3.63) is 57.7 Å². The van der Waals surface area contributed by atoms with Crippen LogP contribution < -0.4 is 10.1 Å². The Morgan fingerprint density at radius 3 is 2.30 bits per heavy atom. The largest absolute Gasteiger partial charge is 0.481 e. The van der Waals surface area contributed by atoms with Crippen molar-refractivity contribution >= 4 is 34.2 Å². The average molecular weight is 423 g/mol. The Hall–Kier alpha value is -1.56. The van der Waals surface area contributed by atoms with Gasteiger partial charge in [0.2, 0.25) is 0 Å². The summed E-state index contributed by atoms with van der Waals surface area (Å²) >= 11 is 2.23. The van der Waals surface area contributed by atoms with E-state index < -0.39 is 6.10 Å². The average Bonchev–Trinajstić information content (AvgIpc) is 2.49. The van der Waals surface area contributed by atoms with E-state index in [4.69, 9.17) is 4.74 Å². The Kier molecular flexibility index (Phi) is 5.68. The molecule has 1 unspecified atom stereocenters. The van der Waals surface area contributed by atoms with Crippen molar-refractivity contribution in [3.8, 4) is 5.75 Å². The molecule has 0 heterocycles. The van der Waals surface area contributed by atoms with Crippen molar-refractivity contribution in [3.63, 3.8) is 0 Å². The molecule has 0 saturated heterocycles. The van der Waals surface area contributed by atoms with Crippen molar-refractivity contribution in [2.45, 2.75) is 39.2 Å². The van der Waals surface area contributed by atoms with Crippen LogP contribution in [-0.2, 0) is 10.2 Å². The first-order valence-corrected chi connectivity index (χ1v) is 8.68. The van der Waals surface area contributed by atoms with Crippen LogP contribution in [0.15, 0.2) is 48.5 Å². The molecule has 0 spiro atoms. The SMILES string of the molecule is CC(Oc1ccccc1C(C)(C)C)C(=O)Nc1ccc(I)cc1. The first kappa shape index (κ1) is 17.8. The summed E-state index contributed by atoms with van der Waals surface area (Å²) in [5, 5.41) is 2.88. The molecule has 1 atom stereocenters.